The third-order valence-corrected chi connectivity index (χ3v) is 5.23. The fourth-order valence-corrected chi connectivity index (χ4v) is 3.64. The Morgan fingerprint density at radius 1 is 1.15 bits per heavy atom. The van der Waals surface area contributed by atoms with Gasteiger partial charge in [-0.3, -0.25) is 5.10 Å². The molecule has 4 rings (SSSR count). The van der Waals surface area contributed by atoms with Gasteiger partial charge in [-0.25, -0.2) is 0 Å². The van der Waals surface area contributed by atoms with E-state index in [1.54, 1.807) is 11.8 Å². The van der Waals surface area contributed by atoms with Gasteiger partial charge in [0.05, 0.1) is 22.7 Å². The highest BCUT2D eigenvalue weighted by molar-refractivity contribution is 7.98. The van der Waals surface area contributed by atoms with E-state index in [2.05, 4.69) is 46.6 Å². The van der Waals surface area contributed by atoms with E-state index in [-0.39, 0.29) is 11.8 Å². The fourth-order valence-electron chi connectivity index (χ4n) is 3.23. The van der Waals surface area contributed by atoms with Gasteiger partial charge in [-0.15, -0.1) is 23.3 Å². The molecule has 3 N–H and O–H groups in total. The van der Waals surface area contributed by atoms with Crippen LogP contribution in [0.4, 0.5) is 0 Å². The Bertz CT molecular complexity index is 1010. The van der Waals surface area contributed by atoms with E-state index in [0.717, 1.165) is 22.4 Å². The molecule has 0 bridgehead atoms. The first-order chi connectivity index (χ1) is 12.7. The molecule has 128 valence electrons. The number of aromatic amines is 1. The van der Waals surface area contributed by atoms with E-state index in [9.17, 15) is 0 Å². The lowest BCUT2D eigenvalue weighted by Gasteiger charge is -2.25. The van der Waals surface area contributed by atoms with E-state index in [1.807, 2.05) is 30.3 Å². The van der Waals surface area contributed by atoms with Crippen LogP contribution in [0.25, 0.3) is 11.3 Å². The zero-order valence-electron chi connectivity index (χ0n) is 14.2. The molecule has 0 fully saturated rings. The van der Waals surface area contributed by atoms with Gasteiger partial charge in [-0.05, 0) is 29.5 Å². The number of hydrogen-bond acceptors (Lipinski definition) is 4. The van der Waals surface area contributed by atoms with Crippen molar-refractivity contribution in [2.75, 3.05) is 6.26 Å². The number of ether oxygens (including phenoxy) is 1. The molecule has 0 saturated heterocycles. The number of H-pyrrole nitrogens is 1. The number of benzene rings is 2. The number of nitrogens with one attached hydrogen (secondary N) is 1. The van der Waals surface area contributed by atoms with Crippen LogP contribution in [0.1, 0.15) is 17.0 Å². The van der Waals surface area contributed by atoms with Gasteiger partial charge in [-0.1, -0.05) is 48.4 Å². The lowest BCUT2D eigenvalue weighted by Crippen LogP contribution is -2.20. The summed E-state index contributed by atoms with van der Waals surface area (Å²) in [7, 11) is 0. The van der Waals surface area contributed by atoms with E-state index in [1.165, 1.54) is 4.90 Å². The number of nitrogens with zero attached hydrogens (tertiary/aromatic N) is 1. The van der Waals surface area contributed by atoms with Crippen molar-refractivity contribution in [1.82, 2.24) is 10.2 Å². The smallest absolute Gasteiger partial charge is 0.244 e. The van der Waals surface area contributed by atoms with Crippen molar-refractivity contribution in [1.29, 1.82) is 0 Å². The van der Waals surface area contributed by atoms with E-state index in [4.69, 9.17) is 16.9 Å². The molecule has 0 amide bonds. The average Bonchev–Trinajstić information content (AvgIpc) is 3.11. The first-order valence-electron chi connectivity index (χ1n) is 8.14. The molecule has 0 saturated carbocycles. The van der Waals surface area contributed by atoms with Gasteiger partial charge in [0.1, 0.15) is 0 Å². The topological polar surface area (TPSA) is 63.9 Å². The van der Waals surface area contributed by atoms with Crippen molar-refractivity contribution in [2.45, 2.75) is 10.8 Å². The monoisotopic (exact) mass is 359 g/mol. The predicted molar refractivity (Wildman–Crippen MR) is 105 cm³/mol. The number of rotatable bonds is 3. The molecule has 1 aliphatic heterocycles. The molecule has 1 aliphatic rings. The quantitative estimate of drug-likeness (QED) is 0.545. The molecule has 5 heteroatoms. The summed E-state index contributed by atoms with van der Waals surface area (Å²) >= 11 is 1.70. The first kappa shape index (κ1) is 16.4. The Morgan fingerprint density at radius 2 is 1.88 bits per heavy atom. The molecule has 3 aromatic rings. The molecular weight excluding hydrogens is 342 g/mol. The van der Waals surface area contributed by atoms with Crippen LogP contribution in [0.15, 0.2) is 70.9 Å². The lowest BCUT2D eigenvalue weighted by atomic mass is 9.83. The van der Waals surface area contributed by atoms with Crippen LogP contribution in [0.5, 0.6) is 5.88 Å². The molecule has 1 aromatic heterocycles. The highest BCUT2D eigenvalue weighted by Gasteiger charge is 2.34. The van der Waals surface area contributed by atoms with Crippen LogP contribution in [-0.2, 0) is 0 Å². The van der Waals surface area contributed by atoms with Gasteiger partial charge >= 0.3 is 0 Å². The number of thioether (sulfide) groups is 1. The Labute approximate surface area is 156 Å². The van der Waals surface area contributed by atoms with Crippen molar-refractivity contribution < 1.29 is 4.74 Å². The minimum absolute atomic E-state index is 0.200. The van der Waals surface area contributed by atoms with Crippen LogP contribution in [-0.4, -0.2) is 16.5 Å². The highest BCUT2D eigenvalue weighted by Crippen LogP contribution is 2.45. The second kappa shape index (κ2) is 6.66. The molecule has 2 heterocycles. The molecule has 0 spiro atoms. The van der Waals surface area contributed by atoms with Gasteiger partial charge in [0.25, 0.3) is 0 Å². The van der Waals surface area contributed by atoms with Crippen molar-refractivity contribution in [3.63, 3.8) is 0 Å². The Hall–Kier alpha value is -3.10. The largest absolute Gasteiger partial charge is 0.420 e. The normalized spacial score (nSPS) is 15.9. The van der Waals surface area contributed by atoms with Crippen molar-refractivity contribution in [3.05, 3.63) is 77.2 Å². The molecule has 26 heavy (non-hydrogen) atoms. The Kier molecular flexibility index (Phi) is 4.19. The van der Waals surface area contributed by atoms with Crippen LogP contribution < -0.4 is 10.5 Å². The number of aromatic nitrogens is 2. The summed E-state index contributed by atoms with van der Waals surface area (Å²) in [5.41, 5.74) is 10.6. The number of hydrogen-bond donors (Lipinski definition) is 2. The average molecular weight is 359 g/mol. The third-order valence-electron chi connectivity index (χ3n) is 4.49. The van der Waals surface area contributed by atoms with Crippen LogP contribution in [0, 0.1) is 12.3 Å². The Morgan fingerprint density at radius 3 is 2.54 bits per heavy atom. The van der Waals surface area contributed by atoms with Gasteiger partial charge in [0.2, 0.25) is 11.8 Å². The fraction of sp³-hybridized carbons (Fsp3) is 0.0952. The summed E-state index contributed by atoms with van der Waals surface area (Å²) in [6.45, 7) is 0. The van der Waals surface area contributed by atoms with Gasteiger partial charge < -0.3 is 10.5 Å². The van der Waals surface area contributed by atoms with Gasteiger partial charge in [-0.2, -0.15) is 0 Å². The number of terminal acetylenes is 1. The van der Waals surface area contributed by atoms with Gasteiger partial charge in [0.15, 0.2) is 0 Å². The second-order valence-electron chi connectivity index (χ2n) is 5.91. The molecule has 0 radical (unpaired) electrons. The van der Waals surface area contributed by atoms with Gasteiger partial charge in [0, 0.05) is 4.90 Å². The highest BCUT2D eigenvalue weighted by atomic mass is 32.2. The number of nitrogens with two attached hydrogens (primary N) is 1. The number of fused-ring (bicyclic) bond motifs is 1. The minimum Gasteiger partial charge on any atom is -0.420 e. The summed E-state index contributed by atoms with van der Waals surface area (Å²) in [6, 6.07) is 18.3. The molecular formula is C21H17N3OS. The summed E-state index contributed by atoms with van der Waals surface area (Å²) in [5, 5.41) is 7.42. The van der Waals surface area contributed by atoms with E-state index in [0.29, 0.717) is 11.5 Å². The number of allylic oxidation sites excluding steroid dienone is 1. The maximum absolute atomic E-state index is 6.09. The maximum atomic E-state index is 6.09. The van der Waals surface area contributed by atoms with Crippen molar-refractivity contribution >= 4 is 11.8 Å². The molecule has 0 aliphatic carbocycles. The second-order valence-corrected chi connectivity index (χ2v) is 6.79. The Balaban J connectivity index is 1.92. The van der Waals surface area contributed by atoms with Crippen LogP contribution in [0.3, 0.4) is 0 Å². The van der Waals surface area contributed by atoms with Crippen molar-refractivity contribution in [2.24, 2.45) is 5.73 Å². The predicted octanol–water partition coefficient (Wildman–Crippen LogP) is 4.13. The van der Waals surface area contributed by atoms with E-state index < -0.39 is 0 Å². The molecule has 1 atom stereocenters. The SMILES string of the molecule is C#CC1=C(N)Oc2n[nH]c(-c3ccccc3)c2C1c1ccc(SC)cc1. The summed E-state index contributed by atoms with van der Waals surface area (Å²) in [4.78, 5) is 1.19. The third kappa shape index (κ3) is 2.65. The molecule has 2 aromatic carbocycles. The standard InChI is InChI=1S/C21H17N3OS/c1-3-16-17(13-9-11-15(26-2)12-10-13)18-19(14-7-5-4-6-8-14)23-24-21(18)25-20(16)22/h1,4-12,17H,22H2,2H3,(H,23,24). The lowest BCUT2D eigenvalue weighted by molar-refractivity contribution is 0.379. The van der Waals surface area contributed by atoms with Crippen LogP contribution in [0.2, 0.25) is 0 Å². The van der Waals surface area contributed by atoms with Crippen molar-refractivity contribution in [3.8, 4) is 29.5 Å². The maximum Gasteiger partial charge on any atom is 0.244 e. The minimum atomic E-state index is -0.200. The summed E-state index contributed by atoms with van der Waals surface area (Å²) < 4.78 is 5.70. The molecule has 1 unspecified atom stereocenters. The van der Waals surface area contributed by atoms with E-state index >= 15 is 0 Å². The zero-order valence-corrected chi connectivity index (χ0v) is 15.0. The zero-order chi connectivity index (χ0) is 18.1. The summed E-state index contributed by atoms with van der Waals surface area (Å²) in [6.07, 6.45) is 7.84. The van der Waals surface area contributed by atoms with Crippen LogP contribution >= 0.6 is 11.8 Å². The first-order valence-corrected chi connectivity index (χ1v) is 9.37. The summed E-state index contributed by atoms with van der Waals surface area (Å²) in [5.74, 6) is 3.22. The molecule has 4 nitrogen and oxygen atoms in total.